The van der Waals surface area contributed by atoms with E-state index in [2.05, 4.69) is 70.9 Å². The summed E-state index contributed by atoms with van der Waals surface area (Å²) in [4.78, 5) is 2.57. The van der Waals surface area contributed by atoms with Gasteiger partial charge in [-0.3, -0.25) is 4.90 Å². The Balaban J connectivity index is 0.000000545. The van der Waals surface area contributed by atoms with Gasteiger partial charge in [0, 0.05) is 32.8 Å². The van der Waals surface area contributed by atoms with Gasteiger partial charge in [-0.05, 0) is 18.1 Å². The Morgan fingerprint density at radius 2 is 1.32 bits per heavy atom. The first-order valence-electron chi connectivity index (χ1n) is 8.02. The predicted molar refractivity (Wildman–Crippen MR) is 91.9 cm³/mol. The van der Waals surface area contributed by atoms with Crippen molar-refractivity contribution in [3.05, 3.63) is 71.8 Å². The normalized spacial score (nSPS) is 15.2. The van der Waals surface area contributed by atoms with E-state index < -0.39 is 0 Å². The summed E-state index contributed by atoms with van der Waals surface area (Å²) in [5, 5.41) is 11.0. The maximum absolute atomic E-state index is 7.57. The fourth-order valence-corrected chi connectivity index (χ4v) is 2.83. The molecule has 1 fully saturated rings. The summed E-state index contributed by atoms with van der Waals surface area (Å²) in [5.41, 5.74) is 2.77. The third-order valence-electron chi connectivity index (χ3n) is 3.75. The lowest BCUT2D eigenvalue weighted by Gasteiger charge is -2.35. The van der Waals surface area contributed by atoms with Crippen LogP contribution in [0.4, 0.5) is 0 Å². The topological polar surface area (TPSA) is 35.5 Å². The molecule has 0 aliphatic carbocycles. The van der Waals surface area contributed by atoms with Crippen molar-refractivity contribution in [3.8, 4) is 0 Å². The van der Waals surface area contributed by atoms with E-state index in [4.69, 9.17) is 5.11 Å². The van der Waals surface area contributed by atoms with E-state index in [9.17, 15) is 0 Å². The Morgan fingerprint density at radius 1 is 0.909 bits per heavy atom. The average molecular weight is 298 g/mol. The molecule has 3 nitrogen and oxygen atoms in total. The molecule has 0 radical (unpaired) electrons. The molecule has 3 heteroatoms. The maximum atomic E-state index is 7.57. The Morgan fingerprint density at radius 3 is 1.73 bits per heavy atom. The third kappa shape index (κ3) is 4.67. The van der Waals surface area contributed by atoms with Crippen LogP contribution < -0.4 is 5.32 Å². The summed E-state index contributed by atoms with van der Waals surface area (Å²) >= 11 is 0. The van der Waals surface area contributed by atoms with E-state index in [0.29, 0.717) is 6.04 Å². The highest BCUT2D eigenvalue weighted by Crippen LogP contribution is 2.28. The van der Waals surface area contributed by atoms with Crippen molar-refractivity contribution in [2.75, 3.05) is 32.8 Å². The van der Waals surface area contributed by atoms with Gasteiger partial charge in [0.05, 0.1) is 6.04 Å². The van der Waals surface area contributed by atoms with Gasteiger partial charge in [0.25, 0.3) is 0 Å². The molecule has 0 spiro atoms. The van der Waals surface area contributed by atoms with Crippen LogP contribution in [0.25, 0.3) is 0 Å². The zero-order valence-corrected chi connectivity index (χ0v) is 13.3. The maximum Gasteiger partial charge on any atom is 0.0602 e. The molecule has 1 heterocycles. The minimum Gasteiger partial charge on any atom is -0.397 e. The zero-order valence-electron chi connectivity index (χ0n) is 13.3. The molecule has 0 aromatic heterocycles. The molecule has 118 valence electrons. The predicted octanol–water partition coefficient (Wildman–Crippen LogP) is 2.68. The number of piperazine rings is 1. The van der Waals surface area contributed by atoms with E-state index in [0.717, 1.165) is 26.2 Å². The monoisotopic (exact) mass is 298 g/mol. The lowest BCUT2D eigenvalue weighted by Crippen LogP contribution is -2.45. The number of aliphatic hydroxyl groups excluding tert-OH is 1. The van der Waals surface area contributed by atoms with Gasteiger partial charge >= 0.3 is 0 Å². The number of hydrogen-bond donors (Lipinski definition) is 2. The van der Waals surface area contributed by atoms with Crippen LogP contribution in [0.1, 0.15) is 24.1 Å². The second kappa shape index (κ2) is 9.36. The average Bonchev–Trinajstić information content (AvgIpc) is 2.59. The molecule has 0 atom stereocenters. The molecule has 0 unspecified atom stereocenters. The molecule has 2 N–H and O–H groups in total. The number of benzene rings is 2. The van der Waals surface area contributed by atoms with Crippen LogP contribution in [-0.2, 0) is 0 Å². The number of nitrogens with zero attached hydrogens (tertiary/aromatic N) is 1. The van der Waals surface area contributed by atoms with Crippen molar-refractivity contribution < 1.29 is 5.11 Å². The standard InChI is InChI=1S/C17H20N2.C2H6O/c1-3-7-15(8-4-1)17(16-9-5-2-6-10-16)19-13-11-18-12-14-19;1-2-3/h1-10,17-18H,11-14H2;3H,2H2,1H3. The molecular weight excluding hydrogens is 272 g/mol. The fraction of sp³-hybridized carbons (Fsp3) is 0.368. The van der Waals surface area contributed by atoms with Crippen molar-refractivity contribution in [3.63, 3.8) is 0 Å². The largest absolute Gasteiger partial charge is 0.397 e. The van der Waals surface area contributed by atoms with E-state index in [-0.39, 0.29) is 6.61 Å². The minimum absolute atomic E-state index is 0.250. The van der Waals surface area contributed by atoms with Crippen LogP contribution >= 0.6 is 0 Å². The van der Waals surface area contributed by atoms with Crippen LogP contribution in [-0.4, -0.2) is 42.8 Å². The summed E-state index contributed by atoms with van der Waals surface area (Å²) in [6, 6.07) is 22.0. The van der Waals surface area contributed by atoms with E-state index in [1.165, 1.54) is 11.1 Å². The Labute approximate surface area is 133 Å². The molecule has 22 heavy (non-hydrogen) atoms. The summed E-state index contributed by atoms with van der Waals surface area (Å²) < 4.78 is 0. The number of nitrogens with one attached hydrogen (secondary N) is 1. The number of rotatable bonds is 3. The van der Waals surface area contributed by atoms with Crippen LogP contribution in [0.15, 0.2) is 60.7 Å². The van der Waals surface area contributed by atoms with Crippen LogP contribution in [0.3, 0.4) is 0 Å². The molecule has 1 saturated heterocycles. The van der Waals surface area contributed by atoms with Gasteiger partial charge in [0.2, 0.25) is 0 Å². The van der Waals surface area contributed by atoms with Gasteiger partial charge in [0.15, 0.2) is 0 Å². The van der Waals surface area contributed by atoms with Crippen molar-refractivity contribution in [2.45, 2.75) is 13.0 Å². The third-order valence-corrected chi connectivity index (χ3v) is 3.75. The van der Waals surface area contributed by atoms with Crippen LogP contribution in [0.5, 0.6) is 0 Å². The smallest absolute Gasteiger partial charge is 0.0602 e. The summed E-state index contributed by atoms with van der Waals surface area (Å²) in [6.07, 6.45) is 0. The molecule has 2 aromatic rings. The highest BCUT2D eigenvalue weighted by Gasteiger charge is 2.23. The van der Waals surface area contributed by atoms with Gasteiger partial charge in [-0.25, -0.2) is 0 Å². The van der Waals surface area contributed by atoms with Gasteiger partial charge in [0.1, 0.15) is 0 Å². The van der Waals surface area contributed by atoms with Gasteiger partial charge in [-0.2, -0.15) is 0 Å². The first kappa shape index (κ1) is 16.7. The highest BCUT2D eigenvalue weighted by atomic mass is 16.2. The summed E-state index contributed by atoms with van der Waals surface area (Å²) in [6.45, 7) is 6.30. The molecule has 1 aliphatic heterocycles. The Bertz CT molecular complexity index is 470. The quantitative estimate of drug-likeness (QED) is 0.914. The van der Waals surface area contributed by atoms with Gasteiger partial charge in [-0.1, -0.05) is 60.7 Å². The number of hydrogen-bond acceptors (Lipinski definition) is 3. The second-order valence-electron chi connectivity index (χ2n) is 5.33. The first-order chi connectivity index (χ1) is 10.9. The lowest BCUT2D eigenvalue weighted by molar-refractivity contribution is 0.198. The molecule has 2 aromatic carbocycles. The zero-order chi connectivity index (χ0) is 15.6. The SMILES string of the molecule is CCO.c1ccc(C(c2ccccc2)N2CCNCC2)cc1. The molecule has 3 rings (SSSR count). The van der Waals surface area contributed by atoms with E-state index in [1.807, 2.05) is 0 Å². The van der Waals surface area contributed by atoms with Crippen molar-refractivity contribution in [2.24, 2.45) is 0 Å². The fourth-order valence-electron chi connectivity index (χ4n) is 2.83. The van der Waals surface area contributed by atoms with Crippen molar-refractivity contribution in [1.82, 2.24) is 10.2 Å². The van der Waals surface area contributed by atoms with Crippen LogP contribution in [0, 0.1) is 0 Å². The van der Waals surface area contributed by atoms with Crippen LogP contribution in [0.2, 0.25) is 0 Å². The summed E-state index contributed by atoms with van der Waals surface area (Å²) in [5.74, 6) is 0. The van der Waals surface area contributed by atoms with E-state index in [1.54, 1.807) is 6.92 Å². The Hall–Kier alpha value is -1.68. The summed E-state index contributed by atoms with van der Waals surface area (Å²) in [7, 11) is 0. The molecule has 1 aliphatic rings. The minimum atomic E-state index is 0.250. The first-order valence-corrected chi connectivity index (χ1v) is 8.02. The highest BCUT2D eigenvalue weighted by molar-refractivity contribution is 5.31. The molecule has 0 bridgehead atoms. The van der Waals surface area contributed by atoms with Gasteiger partial charge in [-0.15, -0.1) is 0 Å². The number of aliphatic hydroxyl groups is 1. The second-order valence-corrected chi connectivity index (χ2v) is 5.33. The molecule has 0 saturated carbocycles. The van der Waals surface area contributed by atoms with Crippen molar-refractivity contribution in [1.29, 1.82) is 0 Å². The molecular formula is C19H26N2O. The Kier molecular flexibility index (Phi) is 7.10. The van der Waals surface area contributed by atoms with Crippen molar-refractivity contribution >= 4 is 0 Å². The molecule has 0 amide bonds. The van der Waals surface area contributed by atoms with E-state index >= 15 is 0 Å². The lowest BCUT2D eigenvalue weighted by atomic mass is 9.96. The van der Waals surface area contributed by atoms with Gasteiger partial charge < -0.3 is 10.4 Å².